The van der Waals surface area contributed by atoms with Crippen LogP contribution < -0.4 is 10.5 Å². The number of amides is 1. The molecule has 2 N–H and O–H groups in total. The largest absolute Gasteiger partial charge is 0.486 e. The number of halogens is 2. The molecule has 0 aliphatic carbocycles. The van der Waals surface area contributed by atoms with Crippen LogP contribution in [0, 0.1) is 11.6 Å². The van der Waals surface area contributed by atoms with Crippen molar-refractivity contribution in [3.63, 3.8) is 0 Å². The highest BCUT2D eigenvalue weighted by atomic mass is 19.1. The minimum Gasteiger partial charge on any atom is -0.486 e. The number of benzene rings is 3. The summed E-state index contributed by atoms with van der Waals surface area (Å²) in [5, 5.41) is 0. The first-order valence-electron chi connectivity index (χ1n) is 9.58. The van der Waals surface area contributed by atoms with E-state index in [1.54, 1.807) is 0 Å². The molecule has 0 aliphatic rings. The van der Waals surface area contributed by atoms with Gasteiger partial charge in [0.05, 0.1) is 0 Å². The zero-order valence-corrected chi connectivity index (χ0v) is 16.3. The number of carbonyl (C=O) groups is 1. The average molecular weight is 395 g/mol. The molecule has 29 heavy (non-hydrogen) atoms. The van der Waals surface area contributed by atoms with E-state index >= 15 is 0 Å². The Bertz CT molecular complexity index is 1000. The monoisotopic (exact) mass is 395 g/mol. The van der Waals surface area contributed by atoms with Crippen molar-refractivity contribution in [3.8, 4) is 16.9 Å². The SMILES string of the molecule is CCCCc1ccc(-c2cccc(COc3ccc(F)c(C(N)=O)c3F)c2)cc1. The molecule has 0 atom stereocenters. The maximum absolute atomic E-state index is 14.3. The van der Waals surface area contributed by atoms with Gasteiger partial charge in [-0.15, -0.1) is 0 Å². The van der Waals surface area contributed by atoms with Crippen LogP contribution in [0.2, 0.25) is 0 Å². The number of ether oxygens (including phenoxy) is 1. The quantitative estimate of drug-likeness (QED) is 0.536. The van der Waals surface area contributed by atoms with Gasteiger partial charge in [-0.2, -0.15) is 0 Å². The number of carbonyl (C=O) groups excluding carboxylic acids is 1. The molecule has 0 heterocycles. The summed E-state index contributed by atoms with van der Waals surface area (Å²) in [7, 11) is 0. The molecule has 0 spiro atoms. The van der Waals surface area contributed by atoms with E-state index in [-0.39, 0.29) is 12.4 Å². The summed E-state index contributed by atoms with van der Waals surface area (Å²) in [6.45, 7) is 2.25. The van der Waals surface area contributed by atoms with E-state index in [1.165, 1.54) is 18.4 Å². The van der Waals surface area contributed by atoms with Gasteiger partial charge in [-0.05, 0) is 53.3 Å². The number of primary amides is 1. The summed E-state index contributed by atoms with van der Waals surface area (Å²) in [6.07, 6.45) is 3.41. The Morgan fingerprint density at radius 1 is 0.966 bits per heavy atom. The molecule has 150 valence electrons. The Morgan fingerprint density at radius 2 is 1.72 bits per heavy atom. The molecular formula is C24H23F2NO2. The van der Waals surface area contributed by atoms with Crippen LogP contribution in [0.15, 0.2) is 60.7 Å². The van der Waals surface area contributed by atoms with Crippen molar-refractivity contribution in [1.29, 1.82) is 0 Å². The lowest BCUT2D eigenvalue weighted by Gasteiger charge is -2.11. The van der Waals surface area contributed by atoms with Crippen molar-refractivity contribution in [1.82, 2.24) is 0 Å². The van der Waals surface area contributed by atoms with Crippen LogP contribution in [0.5, 0.6) is 5.75 Å². The van der Waals surface area contributed by atoms with Gasteiger partial charge in [-0.1, -0.05) is 55.8 Å². The second kappa shape index (κ2) is 9.32. The fourth-order valence-corrected chi connectivity index (χ4v) is 3.12. The molecule has 3 aromatic carbocycles. The van der Waals surface area contributed by atoms with Gasteiger partial charge in [0.2, 0.25) is 0 Å². The third-order valence-corrected chi connectivity index (χ3v) is 4.73. The minimum absolute atomic E-state index is 0.0726. The number of unbranched alkanes of at least 4 members (excludes halogenated alkanes) is 1. The lowest BCUT2D eigenvalue weighted by atomic mass is 10.0. The van der Waals surface area contributed by atoms with Crippen molar-refractivity contribution in [2.45, 2.75) is 32.8 Å². The van der Waals surface area contributed by atoms with Gasteiger partial charge in [0.25, 0.3) is 5.91 Å². The number of hydrogen-bond acceptors (Lipinski definition) is 2. The standard InChI is InChI=1S/C24H23F2NO2/c1-2-3-5-16-8-10-18(11-9-16)19-7-4-6-17(14-19)15-29-21-13-12-20(25)22(23(21)26)24(27)28/h4,6-14H,2-3,5,15H2,1H3,(H2,27,28). The van der Waals surface area contributed by atoms with E-state index in [0.29, 0.717) is 0 Å². The van der Waals surface area contributed by atoms with Crippen LogP contribution >= 0.6 is 0 Å². The van der Waals surface area contributed by atoms with Crippen molar-refractivity contribution in [2.24, 2.45) is 5.73 Å². The lowest BCUT2D eigenvalue weighted by molar-refractivity contribution is 0.0991. The van der Waals surface area contributed by atoms with Crippen molar-refractivity contribution < 1.29 is 18.3 Å². The average Bonchev–Trinajstić information content (AvgIpc) is 2.72. The summed E-state index contributed by atoms with van der Waals surface area (Å²) < 4.78 is 33.4. The zero-order chi connectivity index (χ0) is 20.8. The first-order chi connectivity index (χ1) is 14.0. The number of rotatable bonds is 8. The van der Waals surface area contributed by atoms with Crippen LogP contribution in [0.25, 0.3) is 11.1 Å². The van der Waals surface area contributed by atoms with Crippen LogP contribution in [0.3, 0.4) is 0 Å². The second-order valence-electron chi connectivity index (χ2n) is 6.89. The molecule has 3 rings (SSSR count). The van der Waals surface area contributed by atoms with Gasteiger partial charge >= 0.3 is 0 Å². The molecule has 0 aliphatic heterocycles. The molecule has 0 aromatic heterocycles. The first kappa shape index (κ1) is 20.5. The van der Waals surface area contributed by atoms with Crippen LogP contribution in [-0.4, -0.2) is 5.91 Å². The van der Waals surface area contributed by atoms with E-state index < -0.39 is 23.1 Å². The fraction of sp³-hybridized carbons (Fsp3) is 0.208. The van der Waals surface area contributed by atoms with E-state index in [0.717, 1.165) is 35.2 Å². The highest BCUT2D eigenvalue weighted by Gasteiger charge is 2.19. The Kier molecular flexibility index (Phi) is 6.60. The topological polar surface area (TPSA) is 52.3 Å². The molecule has 0 unspecified atom stereocenters. The highest BCUT2D eigenvalue weighted by molar-refractivity contribution is 5.93. The fourth-order valence-electron chi connectivity index (χ4n) is 3.12. The lowest BCUT2D eigenvalue weighted by Crippen LogP contribution is -2.16. The molecule has 0 saturated carbocycles. The van der Waals surface area contributed by atoms with E-state index in [4.69, 9.17) is 10.5 Å². The van der Waals surface area contributed by atoms with Gasteiger partial charge in [-0.3, -0.25) is 4.79 Å². The number of aryl methyl sites for hydroxylation is 1. The van der Waals surface area contributed by atoms with Crippen molar-refractivity contribution in [3.05, 3.63) is 89.0 Å². The predicted octanol–water partition coefficient (Wildman–Crippen LogP) is 5.65. The third kappa shape index (κ3) is 4.99. The van der Waals surface area contributed by atoms with Gasteiger partial charge in [0, 0.05) is 0 Å². The van der Waals surface area contributed by atoms with Crippen LogP contribution in [-0.2, 0) is 13.0 Å². The molecule has 3 aromatic rings. The normalized spacial score (nSPS) is 10.7. The minimum atomic E-state index is -1.17. The molecule has 1 amide bonds. The first-order valence-corrected chi connectivity index (χ1v) is 9.58. The molecule has 0 radical (unpaired) electrons. The summed E-state index contributed by atoms with van der Waals surface area (Å²) in [5.74, 6) is -3.48. The molecule has 0 saturated heterocycles. The van der Waals surface area contributed by atoms with Gasteiger partial charge in [-0.25, -0.2) is 8.78 Å². The highest BCUT2D eigenvalue weighted by Crippen LogP contribution is 2.25. The second-order valence-corrected chi connectivity index (χ2v) is 6.89. The molecule has 5 heteroatoms. The van der Waals surface area contributed by atoms with E-state index in [9.17, 15) is 13.6 Å². The molecule has 0 bridgehead atoms. The summed E-state index contributed by atoms with van der Waals surface area (Å²) in [6, 6.07) is 18.3. The van der Waals surface area contributed by atoms with Crippen LogP contribution in [0.4, 0.5) is 8.78 Å². The summed E-state index contributed by atoms with van der Waals surface area (Å²) in [4.78, 5) is 11.2. The molecular weight excluding hydrogens is 372 g/mol. The predicted molar refractivity (Wildman–Crippen MR) is 110 cm³/mol. The smallest absolute Gasteiger partial charge is 0.254 e. The van der Waals surface area contributed by atoms with Crippen molar-refractivity contribution >= 4 is 5.91 Å². The number of nitrogens with two attached hydrogens (primary N) is 1. The Balaban J connectivity index is 1.74. The number of hydrogen-bond donors (Lipinski definition) is 1. The van der Waals surface area contributed by atoms with Gasteiger partial charge in [0.1, 0.15) is 18.0 Å². The maximum atomic E-state index is 14.3. The zero-order valence-electron chi connectivity index (χ0n) is 16.3. The Labute approximate surface area is 169 Å². The molecule has 3 nitrogen and oxygen atoms in total. The Morgan fingerprint density at radius 3 is 2.41 bits per heavy atom. The summed E-state index contributed by atoms with van der Waals surface area (Å²) in [5.41, 5.74) is 8.48. The molecule has 0 fully saturated rings. The van der Waals surface area contributed by atoms with Crippen LogP contribution in [0.1, 0.15) is 41.3 Å². The Hall–Kier alpha value is -3.21. The van der Waals surface area contributed by atoms with Gasteiger partial charge < -0.3 is 10.5 Å². The van der Waals surface area contributed by atoms with E-state index in [2.05, 4.69) is 31.2 Å². The van der Waals surface area contributed by atoms with E-state index in [1.807, 2.05) is 24.3 Å². The summed E-state index contributed by atoms with van der Waals surface area (Å²) >= 11 is 0. The van der Waals surface area contributed by atoms with Gasteiger partial charge in [0.15, 0.2) is 11.6 Å². The third-order valence-electron chi connectivity index (χ3n) is 4.73. The van der Waals surface area contributed by atoms with Crippen molar-refractivity contribution in [2.75, 3.05) is 0 Å². The maximum Gasteiger partial charge on any atom is 0.254 e.